The Labute approximate surface area is 123 Å². The number of aliphatic hydroxyl groups excluding tert-OH is 1. The van der Waals surface area contributed by atoms with Crippen molar-refractivity contribution in [1.82, 2.24) is 4.90 Å². The highest BCUT2D eigenvalue weighted by atomic mass is 32.1. The SMILES string of the molecule is CO[C@@H]1C[C@H](O)C12CCN(C(=O)Cc1cccs1)CC2. The zero-order valence-electron chi connectivity index (χ0n) is 11.7. The van der Waals surface area contributed by atoms with Crippen LogP contribution in [-0.2, 0) is 16.0 Å². The van der Waals surface area contributed by atoms with Crippen LogP contribution in [0.15, 0.2) is 17.5 Å². The van der Waals surface area contributed by atoms with E-state index in [0.29, 0.717) is 6.42 Å². The van der Waals surface area contributed by atoms with Gasteiger partial charge in [0.1, 0.15) is 0 Å². The molecule has 2 fully saturated rings. The molecule has 1 N–H and O–H groups in total. The molecule has 0 bridgehead atoms. The number of hydrogen-bond donors (Lipinski definition) is 1. The first-order valence-corrected chi connectivity index (χ1v) is 8.05. The first-order chi connectivity index (χ1) is 9.65. The number of ether oxygens (including phenoxy) is 1. The molecule has 1 aromatic rings. The normalized spacial score (nSPS) is 28.4. The lowest BCUT2D eigenvalue weighted by molar-refractivity contribution is -0.202. The number of hydrogen-bond acceptors (Lipinski definition) is 4. The smallest absolute Gasteiger partial charge is 0.227 e. The molecule has 1 spiro atoms. The molecule has 0 aromatic carbocycles. The number of thiophene rings is 1. The van der Waals surface area contributed by atoms with Gasteiger partial charge in [0.25, 0.3) is 0 Å². The predicted octanol–water partition coefficient (Wildman–Crippen LogP) is 1.68. The van der Waals surface area contributed by atoms with Crippen molar-refractivity contribution in [2.75, 3.05) is 20.2 Å². The van der Waals surface area contributed by atoms with Crippen LogP contribution in [0, 0.1) is 5.41 Å². The van der Waals surface area contributed by atoms with Gasteiger partial charge < -0.3 is 14.7 Å². The summed E-state index contributed by atoms with van der Waals surface area (Å²) in [5.41, 5.74) is -0.103. The Morgan fingerprint density at radius 3 is 2.85 bits per heavy atom. The van der Waals surface area contributed by atoms with Crippen LogP contribution in [0.2, 0.25) is 0 Å². The summed E-state index contributed by atoms with van der Waals surface area (Å²) < 4.78 is 5.47. The van der Waals surface area contributed by atoms with E-state index >= 15 is 0 Å². The van der Waals surface area contributed by atoms with Crippen molar-refractivity contribution in [2.24, 2.45) is 5.41 Å². The van der Waals surface area contributed by atoms with Gasteiger partial charge >= 0.3 is 0 Å². The van der Waals surface area contributed by atoms with Crippen LogP contribution in [0.25, 0.3) is 0 Å². The third-order valence-corrected chi connectivity index (χ3v) is 5.86. The number of methoxy groups -OCH3 is 1. The second-order valence-corrected chi connectivity index (χ2v) is 6.88. The molecule has 0 unspecified atom stereocenters. The maximum atomic E-state index is 12.3. The third-order valence-electron chi connectivity index (χ3n) is 4.98. The second-order valence-electron chi connectivity index (χ2n) is 5.85. The van der Waals surface area contributed by atoms with Crippen molar-refractivity contribution >= 4 is 17.2 Å². The number of rotatable bonds is 3. The minimum Gasteiger partial charge on any atom is -0.392 e. The fraction of sp³-hybridized carbons (Fsp3) is 0.667. The van der Waals surface area contributed by atoms with E-state index in [1.54, 1.807) is 18.4 Å². The molecule has 4 nitrogen and oxygen atoms in total. The van der Waals surface area contributed by atoms with Crippen molar-refractivity contribution in [3.63, 3.8) is 0 Å². The lowest BCUT2D eigenvalue weighted by Crippen LogP contribution is -2.62. The molecule has 20 heavy (non-hydrogen) atoms. The van der Waals surface area contributed by atoms with Crippen LogP contribution in [0.5, 0.6) is 0 Å². The fourth-order valence-corrected chi connectivity index (χ4v) is 4.25. The summed E-state index contributed by atoms with van der Waals surface area (Å²) in [6, 6.07) is 3.98. The highest BCUT2D eigenvalue weighted by molar-refractivity contribution is 7.10. The molecule has 2 heterocycles. The van der Waals surface area contributed by atoms with Crippen LogP contribution >= 0.6 is 11.3 Å². The number of piperidine rings is 1. The monoisotopic (exact) mass is 295 g/mol. The number of aliphatic hydroxyl groups is 1. The minimum absolute atomic E-state index is 0.103. The predicted molar refractivity (Wildman–Crippen MR) is 77.7 cm³/mol. The Morgan fingerprint density at radius 1 is 1.55 bits per heavy atom. The molecule has 0 radical (unpaired) electrons. The lowest BCUT2D eigenvalue weighted by atomic mass is 9.58. The van der Waals surface area contributed by atoms with E-state index in [4.69, 9.17) is 4.74 Å². The van der Waals surface area contributed by atoms with Gasteiger partial charge in [-0.05, 0) is 24.3 Å². The number of likely N-dealkylation sites (tertiary alicyclic amines) is 1. The molecule has 1 aliphatic carbocycles. The van der Waals surface area contributed by atoms with E-state index in [9.17, 15) is 9.90 Å². The summed E-state index contributed by atoms with van der Waals surface area (Å²) >= 11 is 1.63. The summed E-state index contributed by atoms with van der Waals surface area (Å²) in [4.78, 5) is 15.3. The molecular formula is C15H21NO3S. The van der Waals surface area contributed by atoms with E-state index in [0.717, 1.165) is 37.2 Å². The Bertz CT molecular complexity index is 465. The summed E-state index contributed by atoms with van der Waals surface area (Å²) in [6.07, 6.45) is 2.83. The van der Waals surface area contributed by atoms with Crippen LogP contribution in [0.1, 0.15) is 24.1 Å². The van der Waals surface area contributed by atoms with Gasteiger partial charge in [-0.2, -0.15) is 0 Å². The van der Waals surface area contributed by atoms with Gasteiger partial charge in [-0.1, -0.05) is 6.07 Å². The summed E-state index contributed by atoms with van der Waals surface area (Å²) in [5, 5.41) is 12.1. The molecule has 2 atom stereocenters. The highest BCUT2D eigenvalue weighted by Gasteiger charge is 2.56. The molecule has 1 saturated heterocycles. The zero-order valence-corrected chi connectivity index (χ0v) is 12.6. The largest absolute Gasteiger partial charge is 0.392 e. The van der Waals surface area contributed by atoms with Crippen molar-refractivity contribution < 1.29 is 14.6 Å². The van der Waals surface area contributed by atoms with E-state index < -0.39 is 0 Å². The van der Waals surface area contributed by atoms with Crippen molar-refractivity contribution in [1.29, 1.82) is 0 Å². The van der Waals surface area contributed by atoms with Gasteiger partial charge in [0, 0.05) is 36.9 Å². The summed E-state index contributed by atoms with van der Waals surface area (Å²) in [6.45, 7) is 1.47. The topological polar surface area (TPSA) is 49.8 Å². The zero-order chi connectivity index (χ0) is 14.2. The van der Waals surface area contributed by atoms with Crippen molar-refractivity contribution in [3.8, 4) is 0 Å². The Morgan fingerprint density at radius 2 is 2.30 bits per heavy atom. The molecule has 110 valence electrons. The summed E-state index contributed by atoms with van der Waals surface area (Å²) in [7, 11) is 1.71. The van der Waals surface area contributed by atoms with Crippen LogP contribution in [0.3, 0.4) is 0 Å². The maximum Gasteiger partial charge on any atom is 0.227 e. The van der Waals surface area contributed by atoms with Gasteiger partial charge in [0.2, 0.25) is 5.91 Å². The average Bonchev–Trinajstić information content (AvgIpc) is 2.97. The highest BCUT2D eigenvalue weighted by Crippen LogP contribution is 2.50. The Kier molecular flexibility index (Phi) is 3.84. The van der Waals surface area contributed by atoms with Gasteiger partial charge in [-0.15, -0.1) is 11.3 Å². The minimum atomic E-state index is -0.262. The molecule has 5 heteroatoms. The third kappa shape index (κ3) is 2.28. The Hall–Kier alpha value is -0.910. The number of nitrogens with zero attached hydrogens (tertiary/aromatic N) is 1. The second kappa shape index (κ2) is 5.47. The first-order valence-electron chi connectivity index (χ1n) is 7.17. The van der Waals surface area contributed by atoms with E-state index in [1.165, 1.54) is 0 Å². The van der Waals surface area contributed by atoms with Crippen LogP contribution in [0.4, 0.5) is 0 Å². The molecule has 3 rings (SSSR count). The number of carbonyl (C=O) groups excluding carboxylic acids is 1. The molecular weight excluding hydrogens is 274 g/mol. The molecule has 1 saturated carbocycles. The molecule has 2 aliphatic rings. The quantitative estimate of drug-likeness (QED) is 0.923. The number of carbonyl (C=O) groups is 1. The van der Waals surface area contributed by atoms with Gasteiger partial charge in [-0.3, -0.25) is 4.79 Å². The molecule has 1 amide bonds. The maximum absolute atomic E-state index is 12.3. The standard InChI is InChI=1S/C15H21NO3S/c1-19-13-10-12(17)15(13)4-6-16(7-5-15)14(18)9-11-3-2-8-20-11/h2-3,8,12-13,17H,4-7,9-10H2,1H3/t12-,13+/m0/s1. The van der Waals surface area contributed by atoms with E-state index in [1.807, 2.05) is 22.4 Å². The van der Waals surface area contributed by atoms with E-state index in [-0.39, 0.29) is 23.5 Å². The fourth-order valence-electron chi connectivity index (χ4n) is 3.56. The lowest BCUT2D eigenvalue weighted by Gasteiger charge is -2.56. The van der Waals surface area contributed by atoms with Crippen molar-refractivity contribution in [3.05, 3.63) is 22.4 Å². The summed E-state index contributed by atoms with van der Waals surface area (Å²) in [5.74, 6) is 0.199. The van der Waals surface area contributed by atoms with Crippen LogP contribution in [-0.4, -0.2) is 48.3 Å². The average molecular weight is 295 g/mol. The number of amides is 1. The Balaban J connectivity index is 1.57. The van der Waals surface area contributed by atoms with Gasteiger partial charge in [-0.25, -0.2) is 0 Å². The molecule has 1 aliphatic heterocycles. The van der Waals surface area contributed by atoms with Crippen molar-refractivity contribution in [2.45, 2.75) is 37.9 Å². The van der Waals surface area contributed by atoms with Gasteiger partial charge in [0.05, 0.1) is 18.6 Å². The first kappa shape index (κ1) is 14.0. The van der Waals surface area contributed by atoms with Crippen LogP contribution < -0.4 is 0 Å². The van der Waals surface area contributed by atoms with E-state index in [2.05, 4.69) is 0 Å². The van der Waals surface area contributed by atoms with Gasteiger partial charge in [0.15, 0.2) is 0 Å². The molecule has 1 aromatic heterocycles.